The standard InChI is InChI=1S/C17H16N2O3/c1-11(20)18-15-10-6-9-14(16(15)19-12(2)21)17(22)13-7-4-3-5-8-13/h3-10H,1-2H3,(H,18,20)(H,19,21). The molecule has 2 rings (SSSR count). The van der Waals surface area contributed by atoms with Gasteiger partial charge in [-0.25, -0.2) is 0 Å². The van der Waals surface area contributed by atoms with Crippen LogP contribution in [0, 0.1) is 0 Å². The number of rotatable bonds is 4. The van der Waals surface area contributed by atoms with Crippen LogP contribution in [0.3, 0.4) is 0 Å². The van der Waals surface area contributed by atoms with Gasteiger partial charge in [-0.1, -0.05) is 36.4 Å². The number of hydrogen-bond donors (Lipinski definition) is 2. The molecule has 2 aromatic carbocycles. The van der Waals surface area contributed by atoms with Crippen LogP contribution in [0.4, 0.5) is 11.4 Å². The molecule has 22 heavy (non-hydrogen) atoms. The van der Waals surface area contributed by atoms with Crippen molar-refractivity contribution in [2.45, 2.75) is 13.8 Å². The number of ketones is 1. The summed E-state index contributed by atoms with van der Waals surface area (Å²) < 4.78 is 0. The van der Waals surface area contributed by atoms with Gasteiger partial charge in [0.2, 0.25) is 11.8 Å². The number of nitrogens with one attached hydrogen (secondary N) is 2. The van der Waals surface area contributed by atoms with Crippen LogP contribution in [0.5, 0.6) is 0 Å². The zero-order valence-corrected chi connectivity index (χ0v) is 12.3. The van der Waals surface area contributed by atoms with Crippen LogP contribution in [-0.4, -0.2) is 17.6 Å². The van der Waals surface area contributed by atoms with Gasteiger partial charge in [0.1, 0.15) is 0 Å². The number of amides is 2. The molecule has 2 N–H and O–H groups in total. The number of carbonyl (C=O) groups excluding carboxylic acids is 3. The molecule has 5 heteroatoms. The smallest absolute Gasteiger partial charge is 0.221 e. The highest BCUT2D eigenvalue weighted by Gasteiger charge is 2.17. The molecule has 5 nitrogen and oxygen atoms in total. The summed E-state index contributed by atoms with van der Waals surface area (Å²) in [5.74, 6) is -0.827. The maximum absolute atomic E-state index is 12.6. The minimum Gasteiger partial charge on any atom is -0.325 e. The zero-order valence-electron chi connectivity index (χ0n) is 12.3. The molecule has 0 radical (unpaired) electrons. The second-order valence-electron chi connectivity index (χ2n) is 4.79. The summed E-state index contributed by atoms with van der Waals surface area (Å²) in [6.45, 7) is 2.71. The molecule has 112 valence electrons. The average Bonchev–Trinajstić information content (AvgIpc) is 2.48. The molecule has 0 unspecified atom stereocenters. The summed E-state index contributed by atoms with van der Waals surface area (Å²) in [6, 6.07) is 13.7. The van der Waals surface area contributed by atoms with Gasteiger partial charge >= 0.3 is 0 Å². The quantitative estimate of drug-likeness (QED) is 0.852. The molecule has 0 saturated carbocycles. The lowest BCUT2D eigenvalue weighted by atomic mass is 10.0. The molecule has 0 atom stereocenters. The Morgan fingerprint density at radius 2 is 1.41 bits per heavy atom. The topological polar surface area (TPSA) is 75.3 Å². The average molecular weight is 296 g/mol. The molecule has 2 amide bonds. The lowest BCUT2D eigenvalue weighted by Gasteiger charge is -2.14. The molecule has 0 spiro atoms. The molecular formula is C17H16N2O3. The second kappa shape index (κ2) is 6.67. The third-order valence-electron chi connectivity index (χ3n) is 2.96. The SMILES string of the molecule is CC(=O)Nc1cccc(C(=O)c2ccccc2)c1NC(C)=O. The van der Waals surface area contributed by atoms with Crippen molar-refractivity contribution >= 4 is 29.0 Å². The van der Waals surface area contributed by atoms with Crippen LogP contribution in [0.15, 0.2) is 48.5 Å². The van der Waals surface area contributed by atoms with Gasteiger partial charge in [0.25, 0.3) is 0 Å². The Hall–Kier alpha value is -2.95. The number of carbonyl (C=O) groups is 3. The van der Waals surface area contributed by atoms with E-state index in [0.717, 1.165) is 0 Å². The second-order valence-corrected chi connectivity index (χ2v) is 4.79. The summed E-state index contributed by atoms with van der Waals surface area (Å²) in [6.07, 6.45) is 0. The van der Waals surface area contributed by atoms with Crippen molar-refractivity contribution in [1.82, 2.24) is 0 Å². The van der Waals surface area contributed by atoms with Crippen molar-refractivity contribution in [2.75, 3.05) is 10.6 Å². The summed E-state index contributed by atoms with van der Waals surface area (Å²) >= 11 is 0. The van der Waals surface area contributed by atoms with Crippen LogP contribution < -0.4 is 10.6 Å². The molecule has 0 bridgehead atoms. The predicted molar refractivity (Wildman–Crippen MR) is 84.9 cm³/mol. The first-order valence-electron chi connectivity index (χ1n) is 6.77. The van der Waals surface area contributed by atoms with Crippen LogP contribution in [0.2, 0.25) is 0 Å². The first-order valence-corrected chi connectivity index (χ1v) is 6.77. The van der Waals surface area contributed by atoms with Gasteiger partial charge in [-0.3, -0.25) is 14.4 Å². The van der Waals surface area contributed by atoms with Crippen molar-refractivity contribution in [1.29, 1.82) is 0 Å². The Morgan fingerprint density at radius 1 is 0.773 bits per heavy atom. The normalized spacial score (nSPS) is 9.91. The Morgan fingerprint density at radius 3 is 2.00 bits per heavy atom. The van der Waals surface area contributed by atoms with Gasteiger partial charge in [0, 0.05) is 25.0 Å². The van der Waals surface area contributed by atoms with Crippen molar-refractivity contribution < 1.29 is 14.4 Å². The van der Waals surface area contributed by atoms with E-state index in [9.17, 15) is 14.4 Å². The molecule has 2 aromatic rings. The van der Waals surface area contributed by atoms with Crippen LogP contribution in [-0.2, 0) is 9.59 Å². The highest BCUT2D eigenvalue weighted by atomic mass is 16.2. The largest absolute Gasteiger partial charge is 0.325 e. The maximum atomic E-state index is 12.6. The molecule has 0 aromatic heterocycles. The van der Waals surface area contributed by atoms with E-state index in [0.29, 0.717) is 22.5 Å². The number of para-hydroxylation sites is 1. The van der Waals surface area contributed by atoms with Crippen LogP contribution >= 0.6 is 0 Å². The van der Waals surface area contributed by atoms with Gasteiger partial charge in [-0.05, 0) is 12.1 Å². The molecule has 0 fully saturated rings. The van der Waals surface area contributed by atoms with E-state index in [1.54, 1.807) is 42.5 Å². The fourth-order valence-electron chi connectivity index (χ4n) is 2.09. The molecule has 0 aliphatic rings. The molecule has 0 aliphatic carbocycles. The van der Waals surface area contributed by atoms with E-state index in [2.05, 4.69) is 10.6 Å². The Kier molecular flexibility index (Phi) is 4.68. The van der Waals surface area contributed by atoms with Gasteiger partial charge in [-0.15, -0.1) is 0 Å². The monoisotopic (exact) mass is 296 g/mol. The number of anilines is 2. The van der Waals surface area contributed by atoms with E-state index in [1.807, 2.05) is 6.07 Å². The molecular weight excluding hydrogens is 280 g/mol. The van der Waals surface area contributed by atoms with Crippen molar-refractivity contribution in [3.05, 3.63) is 59.7 Å². The first kappa shape index (κ1) is 15.4. The predicted octanol–water partition coefficient (Wildman–Crippen LogP) is 2.83. The minimum absolute atomic E-state index is 0.225. The van der Waals surface area contributed by atoms with E-state index in [1.165, 1.54) is 13.8 Å². The van der Waals surface area contributed by atoms with Gasteiger partial charge in [0.05, 0.1) is 11.4 Å². The molecule has 0 saturated heterocycles. The van der Waals surface area contributed by atoms with Crippen molar-refractivity contribution in [3.63, 3.8) is 0 Å². The summed E-state index contributed by atoms with van der Waals surface area (Å²) in [5, 5.41) is 5.24. The van der Waals surface area contributed by atoms with Crippen LogP contribution in [0.1, 0.15) is 29.8 Å². The zero-order chi connectivity index (χ0) is 16.1. The van der Waals surface area contributed by atoms with E-state index < -0.39 is 0 Å². The Labute approximate surface area is 128 Å². The number of benzene rings is 2. The lowest BCUT2D eigenvalue weighted by Crippen LogP contribution is -2.16. The van der Waals surface area contributed by atoms with E-state index in [-0.39, 0.29) is 17.6 Å². The van der Waals surface area contributed by atoms with E-state index in [4.69, 9.17) is 0 Å². The fraction of sp³-hybridized carbons (Fsp3) is 0.118. The summed E-state index contributed by atoms with van der Waals surface area (Å²) in [7, 11) is 0. The highest BCUT2D eigenvalue weighted by molar-refractivity contribution is 6.16. The Bertz CT molecular complexity index is 724. The van der Waals surface area contributed by atoms with Crippen molar-refractivity contribution in [2.24, 2.45) is 0 Å². The van der Waals surface area contributed by atoms with Crippen LogP contribution in [0.25, 0.3) is 0 Å². The summed E-state index contributed by atoms with van der Waals surface area (Å²) in [4.78, 5) is 35.3. The fourth-order valence-corrected chi connectivity index (χ4v) is 2.09. The Balaban J connectivity index is 2.52. The summed E-state index contributed by atoms with van der Waals surface area (Å²) in [5.41, 5.74) is 1.53. The molecule has 0 aliphatic heterocycles. The maximum Gasteiger partial charge on any atom is 0.221 e. The first-order chi connectivity index (χ1) is 10.5. The number of hydrogen-bond acceptors (Lipinski definition) is 3. The third kappa shape index (κ3) is 3.58. The van der Waals surface area contributed by atoms with E-state index >= 15 is 0 Å². The van der Waals surface area contributed by atoms with Gasteiger partial charge < -0.3 is 10.6 Å². The highest BCUT2D eigenvalue weighted by Crippen LogP contribution is 2.28. The lowest BCUT2D eigenvalue weighted by molar-refractivity contribution is -0.115. The third-order valence-corrected chi connectivity index (χ3v) is 2.96. The van der Waals surface area contributed by atoms with Gasteiger partial charge in [-0.2, -0.15) is 0 Å². The minimum atomic E-state index is -0.320. The molecule has 0 heterocycles. The van der Waals surface area contributed by atoms with Crippen molar-refractivity contribution in [3.8, 4) is 0 Å². The van der Waals surface area contributed by atoms with Gasteiger partial charge in [0.15, 0.2) is 5.78 Å².